The van der Waals surface area contributed by atoms with Gasteiger partial charge in [0.25, 0.3) is 0 Å². The summed E-state index contributed by atoms with van der Waals surface area (Å²) in [5.41, 5.74) is 1.60. The predicted octanol–water partition coefficient (Wildman–Crippen LogP) is 1.71. The van der Waals surface area contributed by atoms with Gasteiger partial charge < -0.3 is 15.7 Å². The standard InChI is InChI=1S/C16H24N2O3/c1-12(2)17-9-5-8-15(19)18-11-14-7-4-3-6-13(14)10-16(20)21/h3-4,6-7,12,17H,5,8-11H2,1-2H3,(H,18,19)(H,20,21). The van der Waals surface area contributed by atoms with Crippen LogP contribution in [0.25, 0.3) is 0 Å². The van der Waals surface area contributed by atoms with Crippen molar-refractivity contribution in [2.75, 3.05) is 6.54 Å². The molecule has 21 heavy (non-hydrogen) atoms. The fraction of sp³-hybridized carbons (Fsp3) is 0.500. The number of carbonyl (C=O) groups excluding carboxylic acids is 1. The van der Waals surface area contributed by atoms with Gasteiger partial charge in [-0.15, -0.1) is 0 Å². The molecule has 0 aliphatic carbocycles. The molecule has 0 saturated carbocycles. The number of hydrogen-bond acceptors (Lipinski definition) is 3. The van der Waals surface area contributed by atoms with E-state index in [9.17, 15) is 9.59 Å². The van der Waals surface area contributed by atoms with Crippen LogP contribution in [-0.2, 0) is 22.6 Å². The number of aliphatic carboxylic acids is 1. The van der Waals surface area contributed by atoms with Crippen LogP contribution < -0.4 is 10.6 Å². The predicted molar refractivity (Wildman–Crippen MR) is 82.0 cm³/mol. The number of rotatable bonds is 9. The summed E-state index contributed by atoms with van der Waals surface area (Å²) in [5.74, 6) is -0.876. The maximum atomic E-state index is 11.7. The Balaban J connectivity index is 2.37. The molecule has 0 aliphatic heterocycles. The molecular weight excluding hydrogens is 268 g/mol. The van der Waals surface area contributed by atoms with Crippen LogP contribution in [-0.4, -0.2) is 29.6 Å². The molecule has 0 radical (unpaired) electrons. The van der Waals surface area contributed by atoms with Gasteiger partial charge in [-0.05, 0) is 24.1 Å². The lowest BCUT2D eigenvalue weighted by Gasteiger charge is -2.10. The smallest absolute Gasteiger partial charge is 0.307 e. The Morgan fingerprint density at radius 2 is 1.86 bits per heavy atom. The minimum Gasteiger partial charge on any atom is -0.481 e. The number of carboxylic acids is 1. The zero-order valence-corrected chi connectivity index (χ0v) is 12.7. The average molecular weight is 292 g/mol. The molecule has 0 unspecified atom stereocenters. The van der Waals surface area contributed by atoms with Gasteiger partial charge in [0.15, 0.2) is 0 Å². The summed E-state index contributed by atoms with van der Waals surface area (Å²) < 4.78 is 0. The van der Waals surface area contributed by atoms with Crippen molar-refractivity contribution in [3.05, 3.63) is 35.4 Å². The van der Waals surface area contributed by atoms with E-state index in [1.165, 1.54) is 0 Å². The zero-order chi connectivity index (χ0) is 15.7. The van der Waals surface area contributed by atoms with E-state index in [2.05, 4.69) is 24.5 Å². The Hall–Kier alpha value is -1.88. The van der Waals surface area contributed by atoms with Gasteiger partial charge in [-0.1, -0.05) is 38.1 Å². The number of benzene rings is 1. The number of amides is 1. The molecule has 0 heterocycles. The molecule has 1 aromatic rings. The third-order valence-corrected chi connectivity index (χ3v) is 3.07. The molecule has 116 valence electrons. The van der Waals surface area contributed by atoms with Crippen molar-refractivity contribution in [1.29, 1.82) is 0 Å². The molecule has 0 saturated heterocycles. The van der Waals surface area contributed by atoms with Crippen LogP contribution in [0.1, 0.15) is 37.8 Å². The van der Waals surface area contributed by atoms with E-state index in [1.54, 1.807) is 12.1 Å². The molecule has 5 nitrogen and oxygen atoms in total. The summed E-state index contributed by atoms with van der Waals surface area (Å²) in [4.78, 5) is 22.5. The molecular formula is C16H24N2O3. The molecule has 3 N–H and O–H groups in total. The van der Waals surface area contributed by atoms with Crippen LogP contribution in [0.2, 0.25) is 0 Å². The number of carboxylic acid groups (broad SMARTS) is 1. The van der Waals surface area contributed by atoms with Gasteiger partial charge in [0.2, 0.25) is 5.91 Å². The Morgan fingerprint density at radius 1 is 1.19 bits per heavy atom. The molecule has 0 atom stereocenters. The van der Waals surface area contributed by atoms with E-state index >= 15 is 0 Å². The first-order valence-corrected chi connectivity index (χ1v) is 7.27. The van der Waals surface area contributed by atoms with Gasteiger partial charge in [-0.2, -0.15) is 0 Å². The van der Waals surface area contributed by atoms with Crippen LogP contribution in [0.15, 0.2) is 24.3 Å². The minimum absolute atomic E-state index is 0.00863. The molecule has 5 heteroatoms. The third-order valence-electron chi connectivity index (χ3n) is 3.07. The van der Waals surface area contributed by atoms with Crippen LogP contribution >= 0.6 is 0 Å². The zero-order valence-electron chi connectivity index (χ0n) is 12.7. The quantitative estimate of drug-likeness (QED) is 0.605. The van der Waals surface area contributed by atoms with Crippen molar-refractivity contribution >= 4 is 11.9 Å². The van der Waals surface area contributed by atoms with E-state index in [-0.39, 0.29) is 12.3 Å². The van der Waals surface area contributed by atoms with Crippen molar-refractivity contribution in [2.24, 2.45) is 0 Å². The summed E-state index contributed by atoms with van der Waals surface area (Å²) in [5, 5.41) is 15.0. The summed E-state index contributed by atoms with van der Waals surface area (Å²) in [6.07, 6.45) is 1.24. The lowest BCUT2D eigenvalue weighted by molar-refractivity contribution is -0.136. The van der Waals surface area contributed by atoms with E-state index in [4.69, 9.17) is 5.11 Å². The van der Waals surface area contributed by atoms with Crippen molar-refractivity contribution in [3.8, 4) is 0 Å². The highest BCUT2D eigenvalue weighted by Gasteiger charge is 2.07. The fourth-order valence-corrected chi connectivity index (χ4v) is 1.99. The highest BCUT2D eigenvalue weighted by atomic mass is 16.4. The lowest BCUT2D eigenvalue weighted by Crippen LogP contribution is -2.27. The molecule has 0 spiro atoms. The fourth-order valence-electron chi connectivity index (χ4n) is 1.99. The average Bonchev–Trinajstić information content (AvgIpc) is 2.42. The normalized spacial score (nSPS) is 10.6. The maximum Gasteiger partial charge on any atom is 0.307 e. The lowest BCUT2D eigenvalue weighted by atomic mass is 10.0. The van der Waals surface area contributed by atoms with E-state index in [1.807, 2.05) is 12.1 Å². The highest BCUT2D eigenvalue weighted by Crippen LogP contribution is 2.09. The van der Waals surface area contributed by atoms with Gasteiger partial charge in [0.1, 0.15) is 0 Å². The van der Waals surface area contributed by atoms with Crippen LogP contribution in [0, 0.1) is 0 Å². The van der Waals surface area contributed by atoms with Crippen molar-refractivity contribution in [1.82, 2.24) is 10.6 Å². The topological polar surface area (TPSA) is 78.4 Å². The van der Waals surface area contributed by atoms with Crippen molar-refractivity contribution in [3.63, 3.8) is 0 Å². The van der Waals surface area contributed by atoms with Gasteiger partial charge >= 0.3 is 5.97 Å². The molecule has 1 rings (SSSR count). The van der Waals surface area contributed by atoms with E-state index in [0.29, 0.717) is 19.0 Å². The number of hydrogen-bond donors (Lipinski definition) is 3. The third kappa shape index (κ3) is 7.46. The van der Waals surface area contributed by atoms with Gasteiger partial charge in [-0.3, -0.25) is 9.59 Å². The summed E-state index contributed by atoms with van der Waals surface area (Å²) >= 11 is 0. The van der Waals surface area contributed by atoms with Gasteiger partial charge in [-0.25, -0.2) is 0 Å². The number of nitrogens with one attached hydrogen (secondary N) is 2. The highest BCUT2D eigenvalue weighted by molar-refractivity contribution is 5.76. The monoisotopic (exact) mass is 292 g/mol. The Kier molecular flexibility index (Phi) is 7.46. The second kappa shape index (κ2) is 9.13. The summed E-state index contributed by atoms with van der Waals surface area (Å²) in [6, 6.07) is 7.71. The Morgan fingerprint density at radius 3 is 2.48 bits per heavy atom. The van der Waals surface area contributed by atoms with Crippen molar-refractivity contribution in [2.45, 2.75) is 45.7 Å². The maximum absolute atomic E-state index is 11.7. The summed E-state index contributed by atoms with van der Waals surface area (Å²) in [7, 11) is 0. The second-order valence-corrected chi connectivity index (χ2v) is 5.33. The molecule has 0 bridgehead atoms. The Bertz CT molecular complexity index is 472. The molecule has 0 fully saturated rings. The Labute approximate surface area is 125 Å². The van der Waals surface area contributed by atoms with E-state index < -0.39 is 5.97 Å². The van der Waals surface area contributed by atoms with Crippen molar-refractivity contribution < 1.29 is 14.7 Å². The summed E-state index contributed by atoms with van der Waals surface area (Å²) in [6.45, 7) is 5.33. The van der Waals surface area contributed by atoms with Gasteiger partial charge in [0, 0.05) is 19.0 Å². The SMILES string of the molecule is CC(C)NCCCC(=O)NCc1ccccc1CC(=O)O. The molecule has 0 aliphatic rings. The minimum atomic E-state index is -0.867. The first-order chi connectivity index (χ1) is 9.99. The number of carbonyl (C=O) groups is 2. The van der Waals surface area contributed by atoms with Crippen LogP contribution in [0.3, 0.4) is 0 Å². The largest absolute Gasteiger partial charge is 0.481 e. The van der Waals surface area contributed by atoms with Crippen LogP contribution in [0.5, 0.6) is 0 Å². The second-order valence-electron chi connectivity index (χ2n) is 5.33. The first kappa shape index (κ1) is 17.2. The van der Waals surface area contributed by atoms with Crippen LogP contribution in [0.4, 0.5) is 0 Å². The van der Waals surface area contributed by atoms with E-state index in [0.717, 1.165) is 24.1 Å². The molecule has 0 aromatic heterocycles. The molecule has 1 amide bonds. The van der Waals surface area contributed by atoms with Gasteiger partial charge in [0.05, 0.1) is 6.42 Å². The first-order valence-electron chi connectivity index (χ1n) is 7.27. The molecule has 1 aromatic carbocycles.